The monoisotopic (exact) mass is 304 g/mol. The predicted octanol–water partition coefficient (Wildman–Crippen LogP) is 3.15. The number of fused-ring (bicyclic) bond motifs is 1. The predicted molar refractivity (Wildman–Crippen MR) is 85.1 cm³/mol. The summed E-state index contributed by atoms with van der Waals surface area (Å²) in [6.45, 7) is 4.22. The first kappa shape index (κ1) is 14.3. The molecule has 2 aromatic heterocycles. The molecule has 0 radical (unpaired) electrons. The number of aryl methyl sites for hydroxylation is 1. The molecule has 1 aliphatic carbocycles. The first-order chi connectivity index (χ1) is 10.1. The maximum Gasteiger partial charge on any atom is 0.262 e. The van der Waals surface area contributed by atoms with Crippen LogP contribution in [-0.4, -0.2) is 19.7 Å². The maximum atomic E-state index is 12.9. The number of pyridine rings is 1. The molecule has 5 nitrogen and oxygen atoms in total. The molecule has 1 unspecified atom stereocenters. The van der Waals surface area contributed by atoms with Gasteiger partial charge in [0.1, 0.15) is 0 Å². The molecule has 112 valence electrons. The van der Waals surface area contributed by atoms with Crippen LogP contribution in [0.5, 0.6) is 0 Å². The van der Waals surface area contributed by atoms with Gasteiger partial charge in [0, 0.05) is 11.7 Å². The van der Waals surface area contributed by atoms with Crippen molar-refractivity contribution in [1.82, 2.24) is 19.7 Å². The lowest BCUT2D eigenvalue weighted by Gasteiger charge is -2.25. The van der Waals surface area contributed by atoms with Crippen molar-refractivity contribution in [3.8, 4) is 11.4 Å². The summed E-state index contributed by atoms with van der Waals surface area (Å²) in [5.74, 6) is 0.537. The van der Waals surface area contributed by atoms with Crippen LogP contribution in [0.25, 0.3) is 11.4 Å². The van der Waals surface area contributed by atoms with Gasteiger partial charge >= 0.3 is 0 Å². The molecule has 0 saturated heterocycles. The minimum Gasteiger partial charge on any atom is -0.309 e. The molecule has 2 aromatic rings. The molecule has 0 saturated carbocycles. The third-order valence-electron chi connectivity index (χ3n) is 4.33. The summed E-state index contributed by atoms with van der Waals surface area (Å²) in [4.78, 5) is 17.1. The topological polar surface area (TPSA) is 66.5 Å². The van der Waals surface area contributed by atoms with Crippen molar-refractivity contribution in [2.24, 2.45) is 0 Å². The SMILES string of the molecule is CCC(C)n1c2c(cc(-c3nc(=S)[nH][nH]3)c1=O)CCCC2. The zero-order chi connectivity index (χ0) is 15.0. The van der Waals surface area contributed by atoms with Crippen LogP contribution in [0.2, 0.25) is 0 Å². The lowest BCUT2D eigenvalue weighted by atomic mass is 9.93. The molecule has 6 heteroatoms. The van der Waals surface area contributed by atoms with E-state index in [0.717, 1.165) is 25.7 Å². The van der Waals surface area contributed by atoms with Crippen LogP contribution < -0.4 is 5.56 Å². The second-order valence-corrected chi connectivity index (χ2v) is 6.07. The van der Waals surface area contributed by atoms with Gasteiger partial charge in [-0.2, -0.15) is 4.98 Å². The molecule has 0 spiro atoms. The van der Waals surface area contributed by atoms with Crippen molar-refractivity contribution < 1.29 is 0 Å². The van der Waals surface area contributed by atoms with E-state index in [9.17, 15) is 4.79 Å². The number of rotatable bonds is 3. The van der Waals surface area contributed by atoms with E-state index < -0.39 is 0 Å². The zero-order valence-electron chi connectivity index (χ0n) is 12.4. The highest BCUT2D eigenvalue weighted by Crippen LogP contribution is 2.26. The fourth-order valence-electron chi connectivity index (χ4n) is 3.05. The Balaban J connectivity index is 2.27. The Morgan fingerprint density at radius 1 is 1.38 bits per heavy atom. The Morgan fingerprint density at radius 3 is 2.81 bits per heavy atom. The Hall–Kier alpha value is -1.69. The van der Waals surface area contributed by atoms with Gasteiger partial charge in [0.25, 0.3) is 5.56 Å². The normalized spacial score (nSPS) is 15.7. The van der Waals surface area contributed by atoms with Crippen molar-refractivity contribution in [1.29, 1.82) is 0 Å². The number of aromatic nitrogens is 4. The maximum absolute atomic E-state index is 12.9. The molecule has 0 aromatic carbocycles. The standard InChI is InChI=1S/C15H20N4OS/c1-3-9(2)19-12-7-5-4-6-10(12)8-11(14(19)20)13-16-15(21)18-17-13/h8-9H,3-7H2,1-2H3,(H2,16,17,18,21). The van der Waals surface area contributed by atoms with Crippen molar-refractivity contribution in [3.63, 3.8) is 0 Å². The summed E-state index contributed by atoms with van der Waals surface area (Å²) in [7, 11) is 0. The van der Waals surface area contributed by atoms with Crippen LogP contribution in [0.4, 0.5) is 0 Å². The third kappa shape index (κ3) is 2.48. The van der Waals surface area contributed by atoms with Crippen molar-refractivity contribution in [3.05, 3.63) is 32.4 Å². The summed E-state index contributed by atoms with van der Waals surface area (Å²) in [5.41, 5.74) is 3.13. The van der Waals surface area contributed by atoms with E-state index in [4.69, 9.17) is 12.2 Å². The van der Waals surface area contributed by atoms with Crippen LogP contribution >= 0.6 is 12.2 Å². The average Bonchev–Trinajstić information content (AvgIpc) is 2.92. The number of nitrogens with zero attached hydrogens (tertiary/aromatic N) is 2. The molecule has 2 N–H and O–H groups in total. The zero-order valence-corrected chi connectivity index (χ0v) is 13.2. The molecule has 0 bridgehead atoms. The van der Waals surface area contributed by atoms with Gasteiger partial charge in [-0.25, -0.2) is 0 Å². The molecular weight excluding hydrogens is 284 g/mol. The van der Waals surface area contributed by atoms with E-state index in [1.54, 1.807) is 0 Å². The molecule has 0 amide bonds. The van der Waals surface area contributed by atoms with Crippen LogP contribution in [0.15, 0.2) is 10.9 Å². The van der Waals surface area contributed by atoms with E-state index in [1.165, 1.54) is 17.7 Å². The minimum absolute atomic E-state index is 0.0303. The molecule has 1 aliphatic rings. The Labute approximate surface area is 128 Å². The molecule has 3 rings (SSSR count). The Bertz CT molecular complexity index is 771. The smallest absolute Gasteiger partial charge is 0.262 e. The molecule has 1 atom stereocenters. The summed E-state index contributed by atoms with van der Waals surface area (Å²) in [6.07, 6.45) is 5.30. The molecule has 2 heterocycles. The number of nitrogens with one attached hydrogen (secondary N) is 2. The van der Waals surface area contributed by atoms with Crippen LogP contribution in [0.1, 0.15) is 50.4 Å². The van der Waals surface area contributed by atoms with E-state index in [2.05, 4.69) is 29.0 Å². The Morgan fingerprint density at radius 2 is 2.14 bits per heavy atom. The van der Waals surface area contributed by atoms with Crippen molar-refractivity contribution in [2.45, 2.75) is 52.0 Å². The van der Waals surface area contributed by atoms with Crippen LogP contribution in [-0.2, 0) is 12.8 Å². The number of hydrogen-bond acceptors (Lipinski definition) is 3. The van der Waals surface area contributed by atoms with Gasteiger partial charge in [0.05, 0.1) is 5.56 Å². The number of aromatic amines is 2. The summed E-state index contributed by atoms with van der Waals surface area (Å²) >= 11 is 5.00. The average molecular weight is 304 g/mol. The van der Waals surface area contributed by atoms with E-state index in [0.29, 0.717) is 16.2 Å². The molecule has 0 fully saturated rings. The van der Waals surface area contributed by atoms with Crippen LogP contribution in [0, 0.1) is 4.77 Å². The quantitative estimate of drug-likeness (QED) is 0.856. The van der Waals surface area contributed by atoms with Gasteiger partial charge in [0.15, 0.2) is 5.82 Å². The van der Waals surface area contributed by atoms with Gasteiger partial charge in [-0.3, -0.25) is 15.0 Å². The highest BCUT2D eigenvalue weighted by Gasteiger charge is 2.21. The van der Waals surface area contributed by atoms with E-state index in [1.807, 2.05) is 10.6 Å². The fourth-order valence-corrected chi connectivity index (χ4v) is 3.19. The first-order valence-electron chi connectivity index (χ1n) is 7.54. The Kier molecular flexibility index (Phi) is 3.80. The third-order valence-corrected chi connectivity index (χ3v) is 4.52. The summed E-state index contributed by atoms with van der Waals surface area (Å²) < 4.78 is 2.34. The van der Waals surface area contributed by atoms with E-state index >= 15 is 0 Å². The van der Waals surface area contributed by atoms with Gasteiger partial charge < -0.3 is 4.57 Å². The van der Waals surface area contributed by atoms with Gasteiger partial charge in [-0.15, -0.1) is 0 Å². The second-order valence-electron chi connectivity index (χ2n) is 5.69. The highest BCUT2D eigenvalue weighted by atomic mass is 32.1. The lowest BCUT2D eigenvalue weighted by Crippen LogP contribution is -2.30. The molecule has 21 heavy (non-hydrogen) atoms. The molecular formula is C15H20N4OS. The second kappa shape index (κ2) is 5.60. The minimum atomic E-state index is 0.0303. The number of hydrogen-bond donors (Lipinski definition) is 2. The first-order valence-corrected chi connectivity index (χ1v) is 7.95. The largest absolute Gasteiger partial charge is 0.309 e. The van der Waals surface area contributed by atoms with Crippen molar-refractivity contribution >= 4 is 12.2 Å². The fraction of sp³-hybridized carbons (Fsp3) is 0.533. The van der Waals surface area contributed by atoms with Gasteiger partial charge in [0.2, 0.25) is 4.77 Å². The van der Waals surface area contributed by atoms with Gasteiger partial charge in [-0.1, -0.05) is 6.92 Å². The lowest BCUT2D eigenvalue weighted by molar-refractivity contribution is 0.476. The molecule has 0 aliphatic heterocycles. The van der Waals surface area contributed by atoms with Crippen molar-refractivity contribution in [2.75, 3.05) is 0 Å². The summed E-state index contributed by atoms with van der Waals surface area (Å²) in [6, 6.07) is 2.20. The number of H-pyrrole nitrogens is 2. The highest BCUT2D eigenvalue weighted by molar-refractivity contribution is 7.71. The van der Waals surface area contributed by atoms with E-state index in [-0.39, 0.29) is 11.6 Å². The summed E-state index contributed by atoms with van der Waals surface area (Å²) in [5, 5.41) is 5.67. The van der Waals surface area contributed by atoms with Crippen LogP contribution in [0.3, 0.4) is 0 Å². The van der Waals surface area contributed by atoms with Gasteiger partial charge in [-0.05, 0) is 62.9 Å².